The molecule has 35 heavy (non-hydrogen) atoms. The Morgan fingerprint density at radius 3 is 2.00 bits per heavy atom. The van der Waals surface area contributed by atoms with Gasteiger partial charge in [-0.25, -0.2) is 9.59 Å². The van der Waals surface area contributed by atoms with Crippen molar-refractivity contribution in [1.82, 2.24) is 16.0 Å². The van der Waals surface area contributed by atoms with Crippen LogP contribution in [-0.2, 0) is 30.3 Å². The molecule has 3 atom stereocenters. The van der Waals surface area contributed by atoms with E-state index in [1.54, 1.807) is 20.8 Å². The van der Waals surface area contributed by atoms with Crippen molar-refractivity contribution >= 4 is 35.6 Å². The van der Waals surface area contributed by atoms with Gasteiger partial charge in [-0.2, -0.15) is 11.8 Å². The number of amides is 3. The number of esters is 1. The molecule has 3 N–H and O–H groups in total. The summed E-state index contributed by atoms with van der Waals surface area (Å²) in [4.78, 5) is 50.9. The van der Waals surface area contributed by atoms with E-state index in [4.69, 9.17) is 9.47 Å². The van der Waals surface area contributed by atoms with E-state index < -0.39 is 47.6 Å². The van der Waals surface area contributed by atoms with Crippen LogP contribution in [-0.4, -0.2) is 66.7 Å². The van der Waals surface area contributed by atoms with E-state index in [1.807, 2.05) is 50.4 Å². The summed E-state index contributed by atoms with van der Waals surface area (Å²) in [6.07, 6.45) is 1.64. The van der Waals surface area contributed by atoms with E-state index in [0.717, 1.165) is 5.56 Å². The van der Waals surface area contributed by atoms with Crippen LogP contribution >= 0.6 is 11.8 Å². The minimum atomic E-state index is -0.978. The number of carbonyl (C=O) groups excluding carboxylic acids is 4. The second-order valence-corrected chi connectivity index (χ2v) is 10.5. The third-order valence-corrected chi connectivity index (χ3v) is 5.43. The summed E-state index contributed by atoms with van der Waals surface area (Å²) in [5.41, 5.74) is 0.103. The lowest BCUT2D eigenvalue weighted by molar-refractivity contribution is -0.144. The molecule has 0 saturated carbocycles. The molecule has 0 fully saturated rings. The van der Waals surface area contributed by atoms with Crippen LogP contribution in [0.3, 0.4) is 0 Å². The topological polar surface area (TPSA) is 123 Å². The van der Waals surface area contributed by atoms with Gasteiger partial charge in [0.05, 0.1) is 7.11 Å². The maximum atomic E-state index is 13.2. The molecule has 9 nitrogen and oxygen atoms in total. The predicted molar refractivity (Wildman–Crippen MR) is 137 cm³/mol. The third kappa shape index (κ3) is 12.0. The fourth-order valence-corrected chi connectivity index (χ4v) is 3.79. The van der Waals surface area contributed by atoms with Crippen molar-refractivity contribution in [2.45, 2.75) is 71.2 Å². The number of nitrogens with one attached hydrogen (secondary N) is 3. The van der Waals surface area contributed by atoms with Gasteiger partial charge in [0.15, 0.2) is 0 Å². The third-order valence-electron chi connectivity index (χ3n) is 4.77. The van der Waals surface area contributed by atoms with Crippen LogP contribution in [0.25, 0.3) is 0 Å². The number of carbonyl (C=O) groups is 4. The molecule has 1 aromatic rings. The molecule has 0 heterocycles. The fraction of sp³-hybridized carbons (Fsp3) is 0.600. The maximum Gasteiger partial charge on any atom is 0.408 e. The van der Waals surface area contributed by atoms with Gasteiger partial charge in [0.2, 0.25) is 11.8 Å². The van der Waals surface area contributed by atoms with Gasteiger partial charge in [0.25, 0.3) is 0 Å². The van der Waals surface area contributed by atoms with Gasteiger partial charge in [-0.3, -0.25) is 9.59 Å². The molecule has 0 aromatic heterocycles. The van der Waals surface area contributed by atoms with Crippen molar-refractivity contribution in [2.75, 3.05) is 19.1 Å². The molecule has 1 rings (SSSR count). The van der Waals surface area contributed by atoms with Crippen molar-refractivity contribution in [3.63, 3.8) is 0 Å². The first kappa shape index (κ1) is 30.3. The smallest absolute Gasteiger partial charge is 0.408 e. The van der Waals surface area contributed by atoms with Crippen LogP contribution < -0.4 is 16.0 Å². The van der Waals surface area contributed by atoms with Crippen molar-refractivity contribution in [3.05, 3.63) is 35.9 Å². The highest BCUT2D eigenvalue weighted by molar-refractivity contribution is 7.98. The second-order valence-electron chi connectivity index (χ2n) is 9.62. The summed E-state index contributed by atoms with van der Waals surface area (Å²) in [5.74, 6) is -1.19. The Morgan fingerprint density at radius 2 is 1.49 bits per heavy atom. The normalized spacial score (nSPS) is 13.8. The highest BCUT2D eigenvalue weighted by Gasteiger charge is 2.31. The Balaban J connectivity index is 3.11. The average molecular weight is 510 g/mol. The maximum absolute atomic E-state index is 13.2. The minimum Gasteiger partial charge on any atom is -0.467 e. The van der Waals surface area contributed by atoms with Crippen LogP contribution in [0.15, 0.2) is 30.3 Å². The van der Waals surface area contributed by atoms with Crippen molar-refractivity contribution in [2.24, 2.45) is 5.92 Å². The number of hydrogen-bond donors (Lipinski definition) is 3. The Morgan fingerprint density at radius 1 is 0.914 bits per heavy atom. The quantitative estimate of drug-likeness (QED) is 0.370. The van der Waals surface area contributed by atoms with Gasteiger partial charge < -0.3 is 25.4 Å². The monoisotopic (exact) mass is 509 g/mol. The molecule has 0 bridgehead atoms. The Kier molecular flexibility index (Phi) is 12.6. The van der Waals surface area contributed by atoms with Crippen molar-refractivity contribution < 1.29 is 28.7 Å². The van der Waals surface area contributed by atoms with Crippen LogP contribution in [0, 0.1) is 5.92 Å². The number of ether oxygens (including phenoxy) is 2. The minimum absolute atomic E-state index is 0.0902. The molecule has 10 heteroatoms. The number of alkyl carbamates (subject to hydrolysis) is 1. The largest absolute Gasteiger partial charge is 0.467 e. The molecule has 0 spiro atoms. The second kappa shape index (κ2) is 14.6. The van der Waals surface area contributed by atoms with E-state index in [0.29, 0.717) is 12.2 Å². The highest BCUT2D eigenvalue weighted by atomic mass is 32.2. The number of rotatable bonds is 12. The number of methoxy groups -OCH3 is 1. The zero-order valence-corrected chi connectivity index (χ0v) is 22.5. The Labute approximate surface area is 212 Å². The van der Waals surface area contributed by atoms with Crippen molar-refractivity contribution in [1.29, 1.82) is 0 Å². The van der Waals surface area contributed by atoms with Crippen molar-refractivity contribution in [3.8, 4) is 0 Å². The highest BCUT2D eigenvalue weighted by Crippen LogP contribution is 2.11. The molecule has 0 aliphatic rings. The lowest BCUT2D eigenvalue weighted by Gasteiger charge is -2.27. The Bertz CT molecular complexity index is 841. The summed E-state index contributed by atoms with van der Waals surface area (Å²) in [6.45, 7) is 9.05. The summed E-state index contributed by atoms with van der Waals surface area (Å²) >= 11 is 1.38. The summed E-state index contributed by atoms with van der Waals surface area (Å²) < 4.78 is 10.1. The molecule has 3 amide bonds. The molecule has 0 unspecified atom stereocenters. The number of benzene rings is 1. The van der Waals surface area contributed by atoms with E-state index >= 15 is 0 Å². The Hall–Kier alpha value is -2.75. The van der Waals surface area contributed by atoms with Gasteiger partial charge in [-0.1, -0.05) is 44.2 Å². The summed E-state index contributed by atoms with van der Waals surface area (Å²) in [5, 5.41) is 8.07. The van der Waals surface area contributed by atoms with Gasteiger partial charge in [-0.05, 0) is 44.9 Å². The molecule has 0 aliphatic carbocycles. The fourth-order valence-electron chi connectivity index (χ4n) is 3.23. The summed E-state index contributed by atoms with van der Waals surface area (Å²) in [6, 6.07) is 6.47. The molecule has 196 valence electrons. The number of hydrogen-bond acceptors (Lipinski definition) is 7. The molecule has 1 aromatic carbocycles. The first-order chi connectivity index (χ1) is 16.4. The van der Waals surface area contributed by atoms with Gasteiger partial charge in [0.1, 0.15) is 23.7 Å². The van der Waals surface area contributed by atoms with E-state index in [1.165, 1.54) is 18.9 Å². The van der Waals surface area contributed by atoms with Crippen LogP contribution in [0.2, 0.25) is 0 Å². The van der Waals surface area contributed by atoms with E-state index in [9.17, 15) is 19.2 Å². The van der Waals surface area contributed by atoms with E-state index in [-0.39, 0.29) is 12.3 Å². The lowest BCUT2D eigenvalue weighted by atomic mass is 10.0. The first-order valence-electron chi connectivity index (χ1n) is 11.6. The standard InChI is InChI=1S/C25H39N3O6S/c1-16(2)13-18(28-24(32)34-25(3,4)5)21(29)26-19(14-17-11-9-8-10-12-17)22(30)27-20(15-35-7)23(31)33-6/h8-12,16,18-20H,13-15H2,1-7H3,(H,26,29)(H,27,30)(H,28,32)/t18-,19-,20-/m0/s1. The zero-order chi connectivity index (χ0) is 26.6. The average Bonchev–Trinajstić information content (AvgIpc) is 2.76. The van der Waals surface area contributed by atoms with Crippen LogP contribution in [0.4, 0.5) is 4.79 Å². The molecule has 0 saturated heterocycles. The van der Waals surface area contributed by atoms with Gasteiger partial charge in [-0.15, -0.1) is 0 Å². The molecular weight excluding hydrogens is 470 g/mol. The zero-order valence-electron chi connectivity index (χ0n) is 21.7. The first-order valence-corrected chi connectivity index (χ1v) is 13.0. The predicted octanol–water partition coefficient (Wildman–Crippen LogP) is 2.67. The van der Waals surface area contributed by atoms with Gasteiger partial charge >= 0.3 is 12.1 Å². The molecule has 0 radical (unpaired) electrons. The summed E-state index contributed by atoms with van der Waals surface area (Å²) in [7, 11) is 1.25. The van der Waals surface area contributed by atoms with Crippen LogP contribution in [0.5, 0.6) is 0 Å². The van der Waals surface area contributed by atoms with Crippen LogP contribution in [0.1, 0.15) is 46.6 Å². The molecule has 0 aliphatic heterocycles. The lowest BCUT2D eigenvalue weighted by Crippen LogP contribution is -2.57. The molecular formula is C25H39N3O6S. The van der Waals surface area contributed by atoms with Gasteiger partial charge in [0, 0.05) is 12.2 Å². The SMILES string of the molecule is COC(=O)[C@H](CSC)NC(=O)[C@H](Cc1ccccc1)NC(=O)[C@H](CC(C)C)NC(=O)OC(C)(C)C. The number of thioether (sulfide) groups is 1. The van der Waals surface area contributed by atoms with E-state index in [2.05, 4.69) is 16.0 Å².